The van der Waals surface area contributed by atoms with Crippen LogP contribution in [0.15, 0.2) is 24.5 Å². The number of carbonyl (C=O) groups excluding carboxylic acids is 1. The first-order chi connectivity index (χ1) is 12.3. The molecule has 3 saturated heterocycles. The first-order valence-corrected chi connectivity index (χ1v) is 9.41. The zero-order valence-electron chi connectivity index (χ0n) is 14.7. The quantitative estimate of drug-likeness (QED) is 0.876. The van der Waals surface area contributed by atoms with Crippen molar-refractivity contribution in [3.8, 4) is 0 Å². The molecule has 0 saturated carbocycles. The molecule has 0 aliphatic carbocycles. The molecular weight excluding hydrogens is 318 g/mol. The number of hydrogen-bond donors (Lipinski definition) is 1. The second-order valence-corrected chi connectivity index (χ2v) is 7.43. The van der Waals surface area contributed by atoms with E-state index >= 15 is 0 Å². The van der Waals surface area contributed by atoms with Crippen LogP contribution in [0.25, 0.3) is 0 Å². The Morgan fingerprint density at radius 1 is 1.28 bits per heavy atom. The van der Waals surface area contributed by atoms with Gasteiger partial charge in [-0.1, -0.05) is 0 Å². The van der Waals surface area contributed by atoms with Gasteiger partial charge in [0.05, 0.1) is 11.2 Å². The van der Waals surface area contributed by atoms with Crippen LogP contribution < -0.4 is 5.32 Å². The van der Waals surface area contributed by atoms with Gasteiger partial charge in [-0.25, -0.2) is 0 Å². The summed E-state index contributed by atoms with van der Waals surface area (Å²) in [5, 5.41) is 3.02. The monoisotopic (exact) mass is 345 g/mol. The Labute approximate surface area is 148 Å². The van der Waals surface area contributed by atoms with Gasteiger partial charge in [0, 0.05) is 57.9 Å². The van der Waals surface area contributed by atoms with Gasteiger partial charge in [0.2, 0.25) is 0 Å². The summed E-state index contributed by atoms with van der Waals surface area (Å²) in [6.07, 6.45) is 7.65. The molecule has 1 unspecified atom stereocenters. The largest absolute Gasteiger partial charge is 0.381 e. The van der Waals surface area contributed by atoms with Gasteiger partial charge in [-0.05, 0) is 43.7 Å². The molecule has 1 N–H and O–H groups in total. The average Bonchev–Trinajstić information content (AvgIpc) is 3.06. The van der Waals surface area contributed by atoms with Gasteiger partial charge >= 0.3 is 0 Å². The molecule has 0 radical (unpaired) electrons. The number of hydrogen-bond acceptors (Lipinski definition) is 5. The number of likely N-dealkylation sites (tertiary alicyclic amines) is 1. The highest BCUT2D eigenvalue weighted by Crippen LogP contribution is 2.43. The minimum absolute atomic E-state index is 0.0251. The van der Waals surface area contributed by atoms with Gasteiger partial charge in [0.15, 0.2) is 0 Å². The molecular formula is C19H27N3O3. The second kappa shape index (κ2) is 7.40. The summed E-state index contributed by atoms with van der Waals surface area (Å²) in [7, 11) is 0. The first kappa shape index (κ1) is 16.9. The van der Waals surface area contributed by atoms with Gasteiger partial charge in [-0.15, -0.1) is 0 Å². The Hall–Kier alpha value is -1.50. The van der Waals surface area contributed by atoms with Crippen LogP contribution in [0.1, 0.15) is 36.0 Å². The maximum absolute atomic E-state index is 12.1. The number of ether oxygens (including phenoxy) is 2. The lowest BCUT2D eigenvalue weighted by Gasteiger charge is -2.54. The van der Waals surface area contributed by atoms with Crippen LogP contribution in [-0.4, -0.2) is 66.9 Å². The van der Waals surface area contributed by atoms with Crippen LogP contribution in [-0.2, 0) is 9.47 Å². The molecule has 1 amide bonds. The summed E-state index contributed by atoms with van der Waals surface area (Å²) in [5.41, 5.74) is 0.645. The highest BCUT2D eigenvalue weighted by Gasteiger charge is 2.53. The van der Waals surface area contributed by atoms with Gasteiger partial charge in [0.25, 0.3) is 5.91 Å². The van der Waals surface area contributed by atoms with Crippen molar-refractivity contribution in [3.63, 3.8) is 0 Å². The molecule has 1 spiro atoms. The van der Waals surface area contributed by atoms with Crippen molar-refractivity contribution in [1.82, 2.24) is 15.2 Å². The van der Waals surface area contributed by atoms with Crippen LogP contribution >= 0.6 is 0 Å². The maximum Gasteiger partial charge on any atom is 0.252 e. The van der Waals surface area contributed by atoms with Crippen LogP contribution in [0.3, 0.4) is 0 Å². The molecule has 3 aliphatic heterocycles. The standard InChI is InChI=1S/C19H27N3O3/c23-18(15-2-1-7-20-12-15)21-8-3-16-4-11-25-19(16)13-22(14-19)17-5-9-24-10-6-17/h1-2,7,12,16-17H,3-6,8-11,13-14H2,(H,21,23). The second-order valence-electron chi connectivity index (χ2n) is 7.43. The van der Waals surface area contributed by atoms with Gasteiger partial charge in [0.1, 0.15) is 0 Å². The molecule has 6 heteroatoms. The molecule has 1 aromatic heterocycles. The van der Waals surface area contributed by atoms with Crippen molar-refractivity contribution in [2.24, 2.45) is 5.92 Å². The summed E-state index contributed by atoms with van der Waals surface area (Å²) in [6.45, 7) is 5.40. The Morgan fingerprint density at radius 2 is 2.12 bits per heavy atom. The minimum atomic E-state index is -0.0430. The molecule has 4 heterocycles. The van der Waals surface area contributed by atoms with Crippen LogP contribution in [0.5, 0.6) is 0 Å². The molecule has 25 heavy (non-hydrogen) atoms. The summed E-state index contributed by atoms with van der Waals surface area (Å²) in [4.78, 5) is 18.7. The van der Waals surface area contributed by atoms with Crippen LogP contribution in [0, 0.1) is 5.92 Å². The Bertz CT molecular complexity index is 583. The van der Waals surface area contributed by atoms with E-state index in [1.54, 1.807) is 24.5 Å². The zero-order valence-corrected chi connectivity index (χ0v) is 14.7. The molecule has 136 valence electrons. The lowest BCUT2D eigenvalue weighted by atomic mass is 9.77. The number of carbonyl (C=O) groups is 1. The van der Waals surface area contributed by atoms with E-state index in [1.165, 1.54) is 0 Å². The van der Waals surface area contributed by atoms with Gasteiger partial charge in [-0.3, -0.25) is 14.7 Å². The van der Waals surface area contributed by atoms with E-state index in [9.17, 15) is 4.79 Å². The van der Waals surface area contributed by atoms with E-state index in [0.29, 0.717) is 24.1 Å². The van der Waals surface area contributed by atoms with E-state index in [-0.39, 0.29) is 11.5 Å². The third-order valence-electron chi connectivity index (χ3n) is 5.95. The van der Waals surface area contributed by atoms with Gasteiger partial charge in [-0.2, -0.15) is 0 Å². The van der Waals surface area contributed by atoms with Crippen molar-refractivity contribution >= 4 is 5.91 Å². The first-order valence-electron chi connectivity index (χ1n) is 9.41. The minimum Gasteiger partial charge on any atom is -0.381 e. The van der Waals surface area contributed by atoms with E-state index in [4.69, 9.17) is 9.47 Å². The van der Waals surface area contributed by atoms with Gasteiger partial charge < -0.3 is 14.8 Å². The number of rotatable bonds is 5. The SMILES string of the molecule is O=C(NCCC1CCOC12CN(C1CCOCC1)C2)c1cccnc1. The van der Waals surface area contributed by atoms with Crippen molar-refractivity contribution in [2.75, 3.05) is 39.5 Å². The fourth-order valence-corrected chi connectivity index (χ4v) is 4.45. The highest BCUT2D eigenvalue weighted by atomic mass is 16.5. The molecule has 1 aromatic rings. The Balaban J connectivity index is 1.25. The number of nitrogens with zero attached hydrogens (tertiary/aromatic N) is 2. The van der Waals surface area contributed by atoms with Crippen molar-refractivity contribution in [1.29, 1.82) is 0 Å². The molecule has 6 nitrogen and oxygen atoms in total. The van der Waals surface area contributed by atoms with Crippen molar-refractivity contribution < 1.29 is 14.3 Å². The molecule has 4 rings (SSSR count). The Morgan fingerprint density at radius 3 is 2.88 bits per heavy atom. The third-order valence-corrected chi connectivity index (χ3v) is 5.95. The van der Waals surface area contributed by atoms with Crippen LogP contribution in [0.4, 0.5) is 0 Å². The van der Waals surface area contributed by atoms with E-state index in [1.807, 2.05) is 0 Å². The summed E-state index contributed by atoms with van der Waals surface area (Å²) < 4.78 is 11.6. The highest BCUT2D eigenvalue weighted by molar-refractivity contribution is 5.93. The fraction of sp³-hybridized carbons (Fsp3) is 0.684. The van der Waals surface area contributed by atoms with Crippen molar-refractivity contribution in [3.05, 3.63) is 30.1 Å². The summed E-state index contributed by atoms with van der Waals surface area (Å²) in [6, 6.07) is 4.24. The fourth-order valence-electron chi connectivity index (χ4n) is 4.45. The number of amides is 1. The predicted octanol–water partition coefficient (Wildman–Crippen LogP) is 1.47. The lowest BCUT2D eigenvalue weighted by Crippen LogP contribution is -2.67. The smallest absolute Gasteiger partial charge is 0.252 e. The molecule has 3 aliphatic rings. The zero-order chi connectivity index (χ0) is 17.1. The topological polar surface area (TPSA) is 63.7 Å². The summed E-state index contributed by atoms with van der Waals surface area (Å²) in [5.74, 6) is 0.497. The number of nitrogens with one attached hydrogen (secondary N) is 1. The maximum atomic E-state index is 12.1. The third kappa shape index (κ3) is 3.57. The summed E-state index contributed by atoms with van der Waals surface area (Å²) >= 11 is 0. The van der Waals surface area contributed by atoms with Crippen LogP contribution in [0.2, 0.25) is 0 Å². The average molecular weight is 345 g/mol. The molecule has 3 fully saturated rings. The molecule has 1 atom stereocenters. The molecule has 0 bridgehead atoms. The number of aromatic nitrogens is 1. The Kier molecular flexibility index (Phi) is 5.01. The van der Waals surface area contributed by atoms with Crippen molar-refractivity contribution in [2.45, 2.75) is 37.3 Å². The number of pyridine rings is 1. The normalized spacial score (nSPS) is 26.5. The lowest BCUT2D eigenvalue weighted by molar-refractivity contribution is -0.156. The van der Waals surface area contributed by atoms with E-state index in [2.05, 4.69) is 15.2 Å². The van der Waals surface area contributed by atoms with E-state index < -0.39 is 0 Å². The van der Waals surface area contributed by atoms with E-state index in [0.717, 1.165) is 58.6 Å². The molecule has 0 aromatic carbocycles. The predicted molar refractivity (Wildman–Crippen MR) is 93.4 cm³/mol.